The molecule has 0 atom stereocenters. The fraction of sp³-hybridized carbons (Fsp3) is 0. The quantitative estimate of drug-likeness (QED) is 0.289. The van der Waals surface area contributed by atoms with Crippen molar-refractivity contribution in [1.29, 1.82) is 5.26 Å². The normalized spacial score (nSPS) is 0.400. The van der Waals surface area contributed by atoms with Crippen LogP contribution in [-0.4, -0.2) is 0 Å². The van der Waals surface area contributed by atoms with E-state index < -0.39 is 0 Å². The first-order chi connectivity index (χ1) is 1.00. The molecule has 0 aromatic heterocycles. The van der Waals surface area contributed by atoms with Gasteiger partial charge in [0.15, 0.2) is 0 Å². The van der Waals surface area contributed by atoms with Crippen LogP contribution in [0.1, 0.15) is 0 Å². The van der Waals surface area contributed by atoms with Crippen molar-refractivity contribution in [2.24, 2.45) is 0 Å². The summed E-state index contributed by atoms with van der Waals surface area (Å²) in [5.41, 5.74) is 0. The second-order valence-corrected chi connectivity index (χ2v) is 0. The Labute approximate surface area is 95.0 Å². The van der Waals surface area contributed by atoms with Crippen molar-refractivity contribution in [2.75, 3.05) is 0 Å². The minimum absolute atomic E-state index is 0. The zero-order chi connectivity index (χ0) is 2.00. The molecule has 1 nitrogen and oxygen atoms in total. The van der Waals surface area contributed by atoms with Crippen LogP contribution in [0.2, 0.25) is 0 Å². The molecule has 0 aromatic carbocycles. The fourth-order valence-electron chi connectivity index (χ4n) is 0. The average Bonchev–Trinajstić information content (AvgIpc) is 1.00. The van der Waals surface area contributed by atoms with Gasteiger partial charge in [-0.25, -0.2) is 0 Å². The van der Waals surface area contributed by atoms with Gasteiger partial charge in [-0.15, -0.1) is 0 Å². The number of hydrogen-bond acceptors (Lipinski definition) is 1. The summed E-state index contributed by atoms with van der Waals surface area (Å²) in [6.07, 6.45) is 0. The van der Waals surface area contributed by atoms with E-state index in [0.717, 1.165) is 0 Å². The second kappa shape index (κ2) is 35.3. The van der Waals surface area contributed by atoms with Crippen LogP contribution in [0.5, 0.6) is 0 Å². The van der Waals surface area contributed by atoms with Crippen molar-refractivity contribution in [1.82, 2.24) is 0 Å². The monoisotopic (exact) mass is 180 g/mol. The topological polar surface area (TPSA) is 23.8 Å². The second-order valence-electron chi connectivity index (χ2n) is 0. The molecule has 0 rings (SSSR count). The molecule has 0 N–H and O–H groups in total. The molecule has 0 bridgehead atoms. The molecule has 0 aliphatic rings. The largest absolute Gasteiger partial charge is 1.00 e. The van der Waals surface area contributed by atoms with E-state index in [1.165, 1.54) is 0 Å². The van der Waals surface area contributed by atoms with Gasteiger partial charge in [0.05, 0.1) is 0 Å². The van der Waals surface area contributed by atoms with E-state index in [1.54, 1.807) is 0 Å². The van der Waals surface area contributed by atoms with E-state index in [-0.39, 0.29) is 85.2 Å². The van der Waals surface area contributed by atoms with Gasteiger partial charge in [-0.05, 0) is 0 Å². The van der Waals surface area contributed by atoms with Crippen LogP contribution in [0, 0.1) is 11.8 Å². The van der Waals surface area contributed by atoms with E-state index in [1.807, 2.05) is 0 Å². The minimum Gasteiger partial charge on any atom is -0.512 e. The summed E-state index contributed by atoms with van der Waals surface area (Å²) in [5.74, 6) is 0. The molecular formula is CCoFeKN. The zero-order valence-electron chi connectivity index (χ0n) is 2.63. The van der Waals surface area contributed by atoms with Crippen molar-refractivity contribution < 1.29 is 85.2 Å². The molecule has 4 heteroatoms. The Morgan fingerprint density at radius 3 is 1.20 bits per heavy atom. The van der Waals surface area contributed by atoms with Gasteiger partial charge in [0.2, 0.25) is 0 Å². The average molecular weight is 180 g/mol. The van der Waals surface area contributed by atoms with E-state index >= 15 is 0 Å². The predicted molar refractivity (Wildman–Crippen MR) is 4.97 cm³/mol. The molecule has 0 unspecified atom stereocenters. The SMILES string of the molecule is [C-]#N.[Co].[Fe].[K+]. The Balaban J connectivity index is -0.00000000167. The summed E-state index contributed by atoms with van der Waals surface area (Å²) in [6.45, 7) is 4.75. The van der Waals surface area contributed by atoms with Gasteiger partial charge in [0.1, 0.15) is 0 Å². The third-order valence-electron chi connectivity index (χ3n) is 0. The number of rotatable bonds is 0. The van der Waals surface area contributed by atoms with Gasteiger partial charge in [-0.1, -0.05) is 0 Å². The van der Waals surface area contributed by atoms with Crippen LogP contribution in [0.4, 0.5) is 0 Å². The number of hydrogen-bond donors (Lipinski definition) is 0. The molecule has 0 heterocycles. The van der Waals surface area contributed by atoms with Gasteiger partial charge in [-0.3, -0.25) is 0 Å². The standard InChI is InChI=1S/CN.Co.Fe.K/c1-2;;;/q-1;;;+1. The Hall–Kier alpha value is 2.15. The molecule has 0 spiro atoms. The molecule has 0 fully saturated rings. The molecule has 0 saturated heterocycles. The van der Waals surface area contributed by atoms with Crippen LogP contribution in [-0.2, 0) is 33.8 Å². The predicted octanol–water partition coefficient (Wildman–Crippen LogP) is -2.90. The van der Waals surface area contributed by atoms with Gasteiger partial charge in [0, 0.05) is 33.8 Å². The van der Waals surface area contributed by atoms with Crippen LogP contribution < -0.4 is 51.4 Å². The van der Waals surface area contributed by atoms with Gasteiger partial charge >= 0.3 is 51.4 Å². The summed E-state index contributed by atoms with van der Waals surface area (Å²) in [7, 11) is 0. The van der Waals surface area contributed by atoms with Crippen LogP contribution in [0.25, 0.3) is 0 Å². The van der Waals surface area contributed by atoms with E-state index in [4.69, 9.17) is 11.8 Å². The van der Waals surface area contributed by atoms with Gasteiger partial charge < -0.3 is 11.8 Å². The van der Waals surface area contributed by atoms with Gasteiger partial charge in [-0.2, -0.15) is 0 Å². The summed E-state index contributed by atoms with van der Waals surface area (Å²) >= 11 is 0. The molecular weight excluding hydrogens is 180 g/mol. The Morgan fingerprint density at radius 2 is 1.20 bits per heavy atom. The zero-order valence-corrected chi connectivity index (χ0v) is 7.90. The summed E-state index contributed by atoms with van der Waals surface area (Å²) in [5, 5.41) is 6.25. The Morgan fingerprint density at radius 1 is 1.20 bits per heavy atom. The van der Waals surface area contributed by atoms with Crippen molar-refractivity contribution in [3.63, 3.8) is 0 Å². The third-order valence-corrected chi connectivity index (χ3v) is 0. The van der Waals surface area contributed by atoms with Gasteiger partial charge in [0.25, 0.3) is 0 Å². The smallest absolute Gasteiger partial charge is 0.512 e. The molecule has 0 amide bonds. The first kappa shape index (κ1) is 27.2. The summed E-state index contributed by atoms with van der Waals surface area (Å²) in [4.78, 5) is 0. The molecule has 0 aliphatic carbocycles. The molecule has 27 valence electrons. The number of nitrogens with zero attached hydrogens (tertiary/aromatic N) is 1. The molecule has 0 saturated carbocycles. The fourth-order valence-corrected chi connectivity index (χ4v) is 0. The third kappa shape index (κ3) is 22.9. The Kier molecular flexibility index (Phi) is 192. The molecule has 0 aromatic rings. The van der Waals surface area contributed by atoms with E-state index in [2.05, 4.69) is 0 Å². The van der Waals surface area contributed by atoms with Crippen molar-refractivity contribution in [2.45, 2.75) is 0 Å². The summed E-state index contributed by atoms with van der Waals surface area (Å²) < 4.78 is 0. The molecule has 0 aliphatic heterocycles. The molecule has 1 radical (unpaired) electrons. The molecule has 5 heavy (non-hydrogen) atoms. The van der Waals surface area contributed by atoms with Crippen molar-refractivity contribution in [3.8, 4) is 0 Å². The first-order valence-electron chi connectivity index (χ1n) is 0.224. The van der Waals surface area contributed by atoms with E-state index in [9.17, 15) is 0 Å². The minimum atomic E-state index is 0. The maximum Gasteiger partial charge on any atom is 1.00 e. The van der Waals surface area contributed by atoms with Crippen molar-refractivity contribution in [3.05, 3.63) is 6.57 Å². The van der Waals surface area contributed by atoms with Crippen molar-refractivity contribution >= 4 is 0 Å². The van der Waals surface area contributed by atoms with E-state index in [0.29, 0.717) is 0 Å². The maximum absolute atomic E-state index is 6.25. The van der Waals surface area contributed by atoms with Crippen LogP contribution in [0.15, 0.2) is 0 Å². The van der Waals surface area contributed by atoms with Crippen LogP contribution >= 0.6 is 0 Å². The maximum atomic E-state index is 6.25. The Bertz CT molecular complexity index is 16.4. The summed E-state index contributed by atoms with van der Waals surface area (Å²) in [6, 6.07) is 0. The van der Waals surface area contributed by atoms with Crippen LogP contribution in [0.3, 0.4) is 0 Å². The first-order valence-corrected chi connectivity index (χ1v) is 0.224.